The zero-order chi connectivity index (χ0) is 13.5. The fourth-order valence-corrected chi connectivity index (χ4v) is 2.82. The topological polar surface area (TPSA) is 59.4 Å². The van der Waals surface area contributed by atoms with E-state index in [0.717, 1.165) is 27.5 Å². The van der Waals surface area contributed by atoms with Gasteiger partial charge in [-0.05, 0) is 31.2 Å². The highest BCUT2D eigenvalue weighted by atomic mass is 32.1. The van der Waals surface area contributed by atoms with E-state index in [0.29, 0.717) is 0 Å². The van der Waals surface area contributed by atoms with Crippen LogP contribution in [0, 0.1) is 6.92 Å². The Kier molecular flexibility index (Phi) is 2.43. The van der Waals surface area contributed by atoms with Crippen LogP contribution in [0.5, 0.6) is 0 Å². The first-order valence-electron chi connectivity index (χ1n) is 6.20. The molecule has 0 saturated carbocycles. The van der Waals surface area contributed by atoms with Gasteiger partial charge in [0.05, 0.1) is 22.3 Å². The van der Waals surface area contributed by atoms with Crippen LogP contribution in [0.4, 0.5) is 0 Å². The van der Waals surface area contributed by atoms with Crippen molar-refractivity contribution < 1.29 is 0 Å². The van der Waals surface area contributed by atoms with Crippen LogP contribution < -0.4 is 0 Å². The molecule has 98 valence electrons. The summed E-state index contributed by atoms with van der Waals surface area (Å²) in [5, 5.41) is 9.56. The molecule has 0 spiro atoms. The normalized spacial score (nSPS) is 11.2. The quantitative estimate of drug-likeness (QED) is 0.614. The van der Waals surface area contributed by atoms with Crippen molar-refractivity contribution in [3.8, 4) is 16.3 Å². The summed E-state index contributed by atoms with van der Waals surface area (Å²) in [5.74, 6) is 0. The maximum Gasteiger partial charge on any atom is 0.125 e. The fraction of sp³-hybridized carbons (Fsp3) is 0.0714. The molecule has 0 aliphatic heterocycles. The van der Waals surface area contributed by atoms with E-state index in [9.17, 15) is 0 Å². The average molecular weight is 281 g/mol. The second-order valence-electron chi connectivity index (χ2n) is 4.64. The first kappa shape index (κ1) is 11.4. The van der Waals surface area contributed by atoms with Crippen LogP contribution in [0.3, 0.4) is 0 Å². The summed E-state index contributed by atoms with van der Waals surface area (Å²) in [4.78, 5) is 8.40. The summed E-state index contributed by atoms with van der Waals surface area (Å²) < 4.78 is 1.79. The summed E-state index contributed by atoms with van der Waals surface area (Å²) >= 11 is 1.56. The number of benzene rings is 1. The van der Waals surface area contributed by atoms with E-state index in [4.69, 9.17) is 0 Å². The van der Waals surface area contributed by atoms with Gasteiger partial charge in [0.2, 0.25) is 0 Å². The molecule has 0 saturated heterocycles. The second-order valence-corrected chi connectivity index (χ2v) is 5.52. The Balaban J connectivity index is 1.78. The summed E-state index contributed by atoms with van der Waals surface area (Å²) in [5.41, 5.74) is 5.93. The number of thiazole rings is 1. The monoisotopic (exact) mass is 281 g/mol. The Labute approximate surface area is 118 Å². The van der Waals surface area contributed by atoms with Crippen molar-refractivity contribution in [3.05, 3.63) is 47.9 Å². The highest BCUT2D eigenvalue weighted by Crippen LogP contribution is 2.23. The number of aryl methyl sites for hydroxylation is 1. The van der Waals surface area contributed by atoms with Gasteiger partial charge in [-0.3, -0.25) is 4.98 Å². The van der Waals surface area contributed by atoms with Gasteiger partial charge in [0.1, 0.15) is 5.69 Å². The Morgan fingerprint density at radius 2 is 2.20 bits per heavy atom. The maximum absolute atomic E-state index is 4.20. The molecule has 3 aromatic heterocycles. The van der Waals surface area contributed by atoms with Crippen molar-refractivity contribution >= 4 is 22.2 Å². The molecule has 0 fully saturated rings. The summed E-state index contributed by atoms with van der Waals surface area (Å²) in [7, 11) is 0. The molecule has 0 atom stereocenters. The van der Waals surface area contributed by atoms with Gasteiger partial charge in [-0.1, -0.05) is 5.21 Å². The molecule has 20 heavy (non-hydrogen) atoms. The van der Waals surface area contributed by atoms with Crippen LogP contribution in [0.2, 0.25) is 0 Å². The molecule has 0 unspecified atom stereocenters. The first-order valence-corrected chi connectivity index (χ1v) is 7.08. The molecule has 0 aliphatic rings. The lowest BCUT2D eigenvalue weighted by atomic mass is 10.2. The lowest BCUT2D eigenvalue weighted by molar-refractivity contribution is 0.805. The van der Waals surface area contributed by atoms with Gasteiger partial charge >= 0.3 is 0 Å². The predicted octanol–water partition coefficient (Wildman–Crippen LogP) is 3.18. The Morgan fingerprint density at radius 1 is 1.25 bits per heavy atom. The molecule has 0 radical (unpaired) electrons. The Bertz CT molecular complexity index is 872. The van der Waals surface area contributed by atoms with Gasteiger partial charge < -0.3 is 4.98 Å². The number of nitrogens with one attached hydrogen (secondary N) is 1. The van der Waals surface area contributed by atoms with Gasteiger partial charge in [0, 0.05) is 22.8 Å². The minimum Gasteiger partial charge on any atom is -0.359 e. The zero-order valence-corrected chi connectivity index (χ0v) is 11.6. The van der Waals surface area contributed by atoms with E-state index in [1.807, 2.05) is 12.3 Å². The molecular formula is C14H11N5S. The number of hydrogen-bond acceptors (Lipinski definition) is 4. The fourth-order valence-electron chi connectivity index (χ4n) is 2.25. The molecule has 4 rings (SSSR count). The molecule has 0 aliphatic carbocycles. The Hall–Kier alpha value is -2.47. The van der Waals surface area contributed by atoms with E-state index in [1.54, 1.807) is 27.7 Å². The number of aromatic amines is 1. The maximum atomic E-state index is 4.20. The SMILES string of the molecule is Cc1cc2cc(-n3cc(-c4cncs4)nn3)ccc2[nH]1. The van der Waals surface area contributed by atoms with Crippen molar-refractivity contribution in [1.82, 2.24) is 25.0 Å². The molecule has 4 aromatic rings. The molecule has 3 heterocycles. The third-order valence-electron chi connectivity index (χ3n) is 3.18. The van der Waals surface area contributed by atoms with Gasteiger partial charge in [-0.2, -0.15) is 0 Å². The van der Waals surface area contributed by atoms with Crippen LogP contribution >= 0.6 is 11.3 Å². The summed E-state index contributed by atoms with van der Waals surface area (Å²) in [6, 6.07) is 8.32. The number of rotatable bonds is 2. The van der Waals surface area contributed by atoms with Crippen molar-refractivity contribution in [1.29, 1.82) is 0 Å². The van der Waals surface area contributed by atoms with E-state index >= 15 is 0 Å². The van der Waals surface area contributed by atoms with E-state index in [1.165, 1.54) is 5.39 Å². The van der Waals surface area contributed by atoms with E-state index in [2.05, 4.69) is 45.4 Å². The van der Waals surface area contributed by atoms with Crippen LogP contribution in [0.25, 0.3) is 27.2 Å². The average Bonchev–Trinajstić information content (AvgIpc) is 3.17. The van der Waals surface area contributed by atoms with E-state index in [-0.39, 0.29) is 0 Å². The van der Waals surface area contributed by atoms with Crippen LogP contribution in [0.1, 0.15) is 5.69 Å². The van der Waals surface area contributed by atoms with Crippen molar-refractivity contribution in [2.24, 2.45) is 0 Å². The van der Waals surface area contributed by atoms with Crippen molar-refractivity contribution in [2.75, 3.05) is 0 Å². The van der Waals surface area contributed by atoms with Gasteiger partial charge in [-0.25, -0.2) is 4.68 Å². The van der Waals surface area contributed by atoms with Crippen molar-refractivity contribution in [3.63, 3.8) is 0 Å². The number of H-pyrrole nitrogens is 1. The molecular weight excluding hydrogens is 270 g/mol. The van der Waals surface area contributed by atoms with Gasteiger partial charge in [-0.15, -0.1) is 16.4 Å². The third-order valence-corrected chi connectivity index (χ3v) is 3.98. The largest absolute Gasteiger partial charge is 0.359 e. The molecule has 1 aromatic carbocycles. The standard InChI is InChI=1S/C14H11N5S/c1-9-4-10-5-11(2-3-12(10)16-9)19-7-13(17-18-19)14-6-15-8-20-14/h2-8,16H,1H3. The number of hydrogen-bond donors (Lipinski definition) is 1. The number of fused-ring (bicyclic) bond motifs is 1. The zero-order valence-electron chi connectivity index (χ0n) is 10.7. The molecule has 5 nitrogen and oxygen atoms in total. The summed E-state index contributed by atoms with van der Waals surface area (Å²) in [6.45, 7) is 2.05. The number of aromatic nitrogens is 5. The highest BCUT2D eigenvalue weighted by molar-refractivity contribution is 7.13. The minimum absolute atomic E-state index is 0.845. The lowest BCUT2D eigenvalue weighted by Crippen LogP contribution is -1.94. The first-order chi connectivity index (χ1) is 9.79. The van der Waals surface area contributed by atoms with Crippen LogP contribution in [-0.2, 0) is 0 Å². The predicted molar refractivity (Wildman–Crippen MR) is 79.1 cm³/mol. The van der Waals surface area contributed by atoms with Crippen molar-refractivity contribution in [2.45, 2.75) is 6.92 Å². The van der Waals surface area contributed by atoms with Gasteiger partial charge in [0.25, 0.3) is 0 Å². The lowest BCUT2D eigenvalue weighted by Gasteiger charge is -1.99. The van der Waals surface area contributed by atoms with E-state index < -0.39 is 0 Å². The number of nitrogens with zero attached hydrogens (tertiary/aromatic N) is 4. The molecule has 6 heteroatoms. The summed E-state index contributed by atoms with van der Waals surface area (Å²) in [6.07, 6.45) is 3.73. The van der Waals surface area contributed by atoms with Gasteiger partial charge in [0.15, 0.2) is 0 Å². The molecule has 0 bridgehead atoms. The smallest absolute Gasteiger partial charge is 0.125 e. The van der Waals surface area contributed by atoms with Crippen LogP contribution in [-0.4, -0.2) is 25.0 Å². The Morgan fingerprint density at radius 3 is 3.05 bits per heavy atom. The van der Waals surface area contributed by atoms with Crippen LogP contribution in [0.15, 0.2) is 42.2 Å². The highest BCUT2D eigenvalue weighted by Gasteiger charge is 2.07. The molecule has 1 N–H and O–H groups in total. The third kappa shape index (κ3) is 1.81. The molecule has 0 amide bonds. The second kappa shape index (κ2) is 4.28. The minimum atomic E-state index is 0.845.